The molecule has 0 aromatic carbocycles. The van der Waals surface area contributed by atoms with E-state index in [0.717, 1.165) is 37.2 Å². The summed E-state index contributed by atoms with van der Waals surface area (Å²) in [7, 11) is 0. The van der Waals surface area contributed by atoms with Gasteiger partial charge in [0.2, 0.25) is 0 Å². The highest BCUT2D eigenvalue weighted by molar-refractivity contribution is 7.08. The third kappa shape index (κ3) is 2.13. The molecule has 18 heavy (non-hydrogen) atoms. The molecular formula is C13H13N3OS. The van der Waals surface area contributed by atoms with Crippen molar-refractivity contribution in [3.05, 3.63) is 34.9 Å². The van der Waals surface area contributed by atoms with Crippen LogP contribution in [0.1, 0.15) is 23.3 Å². The molecule has 5 heteroatoms. The maximum Gasteiger partial charge on any atom is 0.274 e. The molecular weight excluding hydrogens is 246 g/mol. The molecule has 0 saturated carbocycles. The van der Waals surface area contributed by atoms with Crippen LogP contribution in [0.3, 0.4) is 0 Å². The molecule has 1 aliphatic rings. The first kappa shape index (κ1) is 11.3. The molecule has 2 aromatic heterocycles. The van der Waals surface area contributed by atoms with Gasteiger partial charge in [-0.2, -0.15) is 11.3 Å². The van der Waals surface area contributed by atoms with Crippen LogP contribution in [0.15, 0.2) is 29.2 Å². The van der Waals surface area contributed by atoms with Crippen molar-refractivity contribution < 1.29 is 4.79 Å². The smallest absolute Gasteiger partial charge is 0.274 e. The lowest BCUT2D eigenvalue weighted by molar-refractivity contribution is 0.0786. The van der Waals surface area contributed by atoms with Crippen LogP contribution in [-0.2, 0) is 0 Å². The first-order valence-corrected chi connectivity index (χ1v) is 6.93. The Balaban J connectivity index is 1.89. The molecule has 0 bridgehead atoms. The largest absolute Gasteiger partial charge is 0.337 e. The number of rotatable bonds is 2. The highest BCUT2D eigenvalue weighted by Gasteiger charge is 2.21. The average molecular weight is 259 g/mol. The van der Waals surface area contributed by atoms with Gasteiger partial charge in [-0.05, 0) is 24.3 Å². The molecule has 0 unspecified atom stereocenters. The van der Waals surface area contributed by atoms with Crippen LogP contribution in [0.2, 0.25) is 0 Å². The van der Waals surface area contributed by atoms with E-state index < -0.39 is 0 Å². The van der Waals surface area contributed by atoms with E-state index in [9.17, 15) is 4.79 Å². The molecule has 2 aromatic rings. The normalized spacial score (nSPS) is 15.0. The van der Waals surface area contributed by atoms with Crippen molar-refractivity contribution >= 4 is 17.2 Å². The summed E-state index contributed by atoms with van der Waals surface area (Å²) in [5.74, 6) is -0.00270. The van der Waals surface area contributed by atoms with Gasteiger partial charge in [0.25, 0.3) is 5.91 Å². The van der Waals surface area contributed by atoms with E-state index in [1.54, 1.807) is 23.7 Å². The van der Waals surface area contributed by atoms with Gasteiger partial charge in [-0.1, -0.05) is 0 Å². The summed E-state index contributed by atoms with van der Waals surface area (Å²) in [5, 5.41) is 4.00. The predicted octanol–water partition coefficient (Wildman–Crippen LogP) is 2.44. The molecule has 1 fully saturated rings. The Labute approximate surface area is 109 Å². The second kappa shape index (κ2) is 4.86. The van der Waals surface area contributed by atoms with Gasteiger partial charge >= 0.3 is 0 Å². The standard InChI is InChI=1S/C13H13N3OS/c17-13(16-4-1-2-5-16)12-8-14-7-11(15-12)10-3-6-18-9-10/h3,6-9H,1-2,4-5H2. The summed E-state index contributed by atoms with van der Waals surface area (Å²) >= 11 is 1.61. The Morgan fingerprint density at radius 1 is 1.28 bits per heavy atom. The van der Waals surface area contributed by atoms with Crippen LogP contribution in [-0.4, -0.2) is 33.9 Å². The fourth-order valence-corrected chi connectivity index (χ4v) is 2.75. The second-order valence-electron chi connectivity index (χ2n) is 4.30. The summed E-state index contributed by atoms with van der Waals surface area (Å²) in [6.45, 7) is 1.67. The average Bonchev–Trinajstić information content (AvgIpc) is 3.11. The molecule has 0 aliphatic carbocycles. The zero-order chi connectivity index (χ0) is 12.4. The van der Waals surface area contributed by atoms with E-state index in [2.05, 4.69) is 9.97 Å². The molecule has 92 valence electrons. The molecule has 1 saturated heterocycles. The number of carbonyl (C=O) groups excluding carboxylic acids is 1. The first-order valence-electron chi connectivity index (χ1n) is 5.98. The molecule has 3 heterocycles. The topological polar surface area (TPSA) is 46.1 Å². The summed E-state index contributed by atoms with van der Waals surface area (Å²) in [6, 6.07) is 1.98. The van der Waals surface area contributed by atoms with Crippen LogP contribution in [0.25, 0.3) is 11.3 Å². The maximum absolute atomic E-state index is 12.2. The van der Waals surface area contributed by atoms with Crippen molar-refractivity contribution in [2.75, 3.05) is 13.1 Å². The fraction of sp³-hybridized carbons (Fsp3) is 0.308. The van der Waals surface area contributed by atoms with E-state index >= 15 is 0 Å². The molecule has 1 amide bonds. The monoisotopic (exact) mass is 259 g/mol. The second-order valence-corrected chi connectivity index (χ2v) is 5.08. The first-order chi connectivity index (χ1) is 8.84. The molecule has 1 aliphatic heterocycles. The molecule has 0 atom stereocenters. The molecule has 0 spiro atoms. The summed E-state index contributed by atoms with van der Waals surface area (Å²) < 4.78 is 0. The number of hydrogen-bond acceptors (Lipinski definition) is 4. The highest BCUT2D eigenvalue weighted by Crippen LogP contribution is 2.20. The minimum Gasteiger partial charge on any atom is -0.337 e. The quantitative estimate of drug-likeness (QED) is 0.832. The summed E-state index contributed by atoms with van der Waals surface area (Å²) in [4.78, 5) is 22.6. The third-order valence-corrected chi connectivity index (χ3v) is 3.75. The van der Waals surface area contributed by atoms with Crippen molar-refractivity contribution in [2.24, 2.45) is 0 Å². The fourth-order valence-electron chi connectivity index (χ4n) is 2.10. The van der Waals surface area contributed by atoms with Crippen LogP contribution in [0.5, 0.6) is 0 Å². The Kier molecular flexibility index (Phi) is 3.06. The SMILES string of the molecule is O=C(c1cncc(-c2ccsc2)n1)N1CCCC1. The van der Waals surface area contributed by atoms with Gasteiger partial charge in [0.05, 0.1) is 18.1 Å². The lowest BCUT2D eigenvalue weighted by Gasteiger charge is -2.14. The van der Waals surface area contributed by atoms with Gasteiger partial charge in [0.1, 0.15) is 5.69 Å². The van der Waals surface area contributed by atoms with Gasteiger partial charge in [-0.25, -0.2) is 4.98 Å². The van der Waals surface area contributed by atoms with Crippen molar-refractivity contribution in [1.29, 1.82) is 0 Å². The van der Waals surface area contributed by atoms with E-state index in [0.29, 0.717) is 5.69 Å². The predicted molar refractivity (Wildman–Crippen MR) is 70.5 cm³/mol. The van der Waals surface area contributed by atoms with E-state index in [1.807, 2.05) is 21.7 Å². The Morgan fingerprint density at radius 2 is 2.11 bits per heavy atom. The Hall–Kier alpha value is -1.75. The zero-order valence-corrected chi connectivity index (χ0v) is 10.7. The van der Waals surface area contributed by atoms with E-state index in [-0.39, 0.29) is 5.91 Å². The number of aromatic nitrogens is 2. The number of hydrogen-bond donors (Lipinski definition) is 0. The highest BCUT2D eigenvalue weighted by atomic mass is 32.1. The Bertz CT molecular complexity index is 547. The van der Waals surface area contributed by atoms with E-state index in [1.165, 1.54) is 0 Å². The number of likely N-dealkylation sites (tertiary alicyclic amines) is 1. The van der Waals surface area contributed by atoms with Gasteiger partial charge in [-0.15, -0.1) is 0 Å². The Morgan fingerprint density at radius 3 is 2.83 bits per heavy atom. The number of nitrogens with zero attached hydrogens (tertiary/aromatic N) is 3. The number of amides is 1. The van der Waals surface area contributed by atoms with Crippen molar-refractivity contribution in [1.82, 2.24) is 14.9 Å². The van der Waals surface area contributed by atoms with E-state index in [4.69, 9.17) is 0 Å². The summed E-state index contributed by atoms with van der Waals surface area (Å²) in [6.07, 6.45) is 5.42. The minimum atomic E-state index is -0.00270. The van der Waals surface area contributed by atoms with Gasteiger partial charge < -0.3 is 4.90 Å². The molecule has 3 rings (SSSR count). The molecule has 4 nitrogen and oxygen atoms in total. The lowest BCUT2D eigenvalue weighted by Crippen LogP contribution is -2.28. The number of carbonyl (C=O) groups is 1. The number of thiophene rings is 1. The maximum atomic E-state index is 12.2. The van der Waals surface area contributed by atoms with Crippen LogP contribution < -0.4 is 0 Å². The van der Waals surface area contributed by atoms with Crippen LogP contribution >= 0.6 is 11.3 Å². The van der Waals surface area contributed by atoms with Crippen molar-refractivity contribution in [3.63, 3.8) is 0 Å². The third-order valence-electron chi connectivity index (χ3n) is 3.06. The zero-order valence-electron chi connectivity index (χ0n) is 9.87. The van der Waals surface area contributed by atoms with Crippen LogP contribution in [0, 0.1) is 0 Å². The molecule has 0 N–H and O–H groups in total. The lowest BCUT2D eigenvalue weighted by atomic mass is 10.2. The summed E-state index contributed by atoms with van der Waals surface area (Å²) in [5.41, 5.74) is 2.23. The van der Waals surface area contributed by atoms with Crippen LogP contribution in [0.4, 0.5) is 0 Å². The van der Waals surface area contributed by atoms with Gasteiger partial charge in [0, 0.05) is 24.0 Å². The van der Waals surface area contributed by atoms with Crippen molar-refractivity contribution in [3.8, 4) is 11.3 Å². The van der Waals surface area contributed by atoms with Crippen molar-refractivity contribution in [2.45, 2.75) is 12.8 Å². The van der Waals surface area contributed by atoms with Gasteiger partial charge in [0.15, 0.2) is 0 Å². The van der Waals surface area contributed by atoms with Gasteiger partial charge in [-0.3, -0.25) is 9.78 Å². The molecule has 0 radical (unpaired) electrons. The minimum absolute atomic E-state index is 0.00270.